The first-order chi connectivity index (χ1) is 10.1. The fourth-order valence-electron chi connectivity index (χ4n) is 3.41. The van der Waals surface area contributed by atoms with Gasteiger partial charge in [0.25, 0.3) is 0 Å². The number of likely N-dealkylation sites (tertiary alicyclic amines) is 1. The minimum atomic E-state index is -0.452. The maximum atomic E-state index is 13.2. The van der Waals surface area contributed by atoms with Crippen molar-refractivity contribution in [3.63, 3.8) is 0 Å². The van der Waals surface area contributed by atoms with Crippen LogP contribution in [0.15, 0.2) is 28.7 Å². The number of carbonyl (C=O) groups is 1. The van der Waals surface area contributed by atoms with Gasteiger partial charge in [0.05, 0.1) is 5.41 Å². The second kappa shape index (κ2) is 7.30. The maximum absolute atomic E-state index is 13.2. The van der Waals surface area contributed by atoms with Crippen LogP contribution in [-0.4, -0.2) is 43.2 Å². The molecule has 0 spiro atoms. The molecule has 2 aliphatic heterocycles. The second-order valence-electron chi connectivity index (χ2n) is 6.00. The Hall–Kier alpha value is -0.620. The van der Waals surface area contributed by atoms with Crippen LogP contribution in [-0.2, 0) is 14.9 Å². The zero-order valence-corrected chi connectivity index (χ0v) is 14.9. The van der Waals surface area contributed by atoms with Crippen LogP contribution in [0.1, 0.15) is 24.8 Å². The summed E-state index contributed by atoms with van der Waals surface area (Å²) >= 11 is 3.52. The van der Waals surface area contributed by atoms with E-state index in [1.165, 1.54) is 0 Å². The molecule has 0 unspecified atom stereocenters. The van der Waals surface area contributed by atoms with E-state index in [1.54, 1.807) is 0 Å². The van der Waals surface area contributed by atoms with E-state index < -0.39 is 5.41 Å². The lowest BCUT2D eigenvalue weighted by Crippen LogP contribution is -2.49. The van der Waals surface area contributed by atoms with Crippen LogP contribution in [0.3, 0.4) is 0 Å². The van der Waals surface area contributed by atoms with Crippen molar-refractivity contribution in [2.75, 3.05) is 26.3 Å². The predicted octanol–water partition coefficient (Wildman–Crippen LogP) is 2.48. The average Bonchev–Trinajstić information content (AvgIpc) is 2.94. The number of hydrogen-bond acceptors (Lipinski definition) is 3. The van der Waals surface area contributed by atoms with Gasteiger partial charge >= 0.3 is 0 Å². The SMILES string of the molecule is Cl.N[C@@H]1CCN(C(=O)C2(c3cccc(Br)c3)CCOCC2)C1. The summed E-state index contributed by atoms with van der Waals surface area (Å²) in [5.74, 6) is 0.219. The summed E-state index contributed by atoms with van der Waals surface area (Å²) in [5.41, 5.74) is 6.61. The molecule has 1 amide bonds. The van der Waals surface area contributed by atoms with E-state index in [-0.39, 0.29) is 24.4 Å². The van der Waals surface area contributed by atoms with E-state index in [0.29, 0.717) is 19.8 Å². The van der Waals surface area contributed by atoms with Gasteiger partial charge in [-0.15, -0.1) is 12.4 Å². The molecule has 2 saturated heterocycles. The van der Waals surface area contributed by atoms with Gasteiger partial charge in [0.15, 0.2) is 0 Å². The van der Waals surface area contributed by atoms with Gasteiger partial charge in [-0.1, -0.05) is 28.1 Å². The van der Waals surface area contributed by atoms with Crippen LogP contribution in [0.4, 0.5) is 0 Å². The lowest BCUT2D eigenvalue weighted by Gasteiger charge is -2.39. The van der Waals surface area contributed by atoms with E-state index in [9.17, 15) is 4.79 Å². The Bertz CT molecular complexity index is 535. The number of nitrogens with zero attached hydrogens (tertiary/aromatic N) is 1. The highest BCUT2D eigenvalue weighted by Crippen LogP contribution is 2.38. The van der Waals surface area contributed by atoms with Gasteiger partial charge in [-0.05, 0) is 37.0 Å². The van der Waals surface area contributed by atoms with Crippen LogP contribution in [0.5, 0.6) is 0 Å². The summed E-state index contributed by atoms with van der Waals surface area (Å²) in [6.07, 6.45) is 2.39. The molecule has 122 valence electrons. The van der Waals surface area contributed by atoms with E-state index in [2.05, 4.69) is 28.1 Å². The Labute approximate surface area is 145 Å². The number of benzene rings is 1. The molecule has 1 aromatic rings. The number of ether oxygens (including phenoxy) is 1. The van der Waals surface area contributed by atoms with E-state index in [0.717, 1.165) is 35.8 Å². The van der Waals surface area contributed by atoms with Crippen molar-refractivity contribution in [1.82, 2.24) is 4.90 Å². The van der Waals surface area contributed by atoms with Crippen molar-refractivity contribution in [2.45, 2.75) is 30.7 Å². The lowest BCUT2D eigenvalue weighted by atomic mass is 9.73. The Morgan fingerprint density at radius 2 is 2.09 bits per heavy atom. The summed E-state index contributed by atoms with van der Waals surface area (Å²) in [6, 6.07) is 8.24. The highest BCUT2D eigenvalue weighted by Gasteiger charge is 2.45. The summed E-state index contributed by atoms with van der Waals surface area (Å²) in [4.78, 5) is 15.1. The van der Waals surface area contributed by atoms with Gasteiger partial charge in [-0.25, -0.2) is 0 Å². The predicted molar refractivity (Wildman–Crippen MR) is 92.3 cm³/mol. The smallest absolute Gasteiger partial charge is 0.233 e. The summed E-state index contributed by atoms with van der Waals surface area (Å²) in [7, 11) is 0. The van der Waals surface area contributed by atoms with Gasteiger partial charge in [0.2, 0.25) is 5.91 Å². The van der Waals surface area contributed by atoms with Gasteiger partial charge in [0, 0.05) is 36.8 Å². The van der Waals surface area contributed by atoms with Crippen LogP contribution in [0, 0.1) is 0 Å². The molecule has 0 radical (unpaired) electrons. The number of amides is 1. The molecule has 0 bridgehead atoms. The number of hydrogen-bond donors (Lipinski definition) is 1. The van der Waals surface area contributed by atoms with Gasteiger partial charge in [-0.2, -0.15) is 0 Å². The molecular weight excluding hydrogens is 368 g/mol. The Morgan fingerprint density at radius 3 is 2.68 bits per heavy atom. The molecule has 2 fully saturated rings. The molecule has 1 aromatic carbocycles. The van der Waals surface area contributed by atoms with E-state index >= 15 is 0 Å². The molecule has 1 atom stereocenters. The molecule has 2 heterocycles. The monoisotopic (exact) mass is 388 g/mol. The normalized spacial score (nSPS) is 23.9. The van der Waals surface area contributed by atoms with Crippen LogP contribution in [0.25, 0.3) is 0 Å². The first-order valence-electron chi connectivity index (χ1n) is 7.50. The number of halogens is 2. The zero-order valence-electron chi connectivity index (χ0n) is 12.5. The third-order valence-electron chi connectivity index (χ3n) is 4.64. The van der Waals surface area contributed by atoms with Crippen molar-refractivity contribution in [2.24, 2.45) is 5.73 Å². The summed E-state index contributed by atoms with van der Waals surface area (Å²) in [5, 5.41) is 0. The average molecular weight is 390 g/mol. The van der Waals surface area contributed by atoms with Gasteiger partial charge < -0.3 is 15.4 Å². The van der Waals surface area contributed by atoms with Crippen LogP contribution in [0.2, 0.25) is 0 Å². The first-order valence-corrected chi connectivity index (χ1v) is 8.30. The van der Waals surface area contributed by atoms with Crippen molar-refractivity contribution in [3.8, 4) is 0 Å². The molecule has 0 aliphatic carbocycles. The minimum absolute atomic E-state index is 0. The fourth-order valence-corrected chi connectivity index (χ4v) is 3.81. The van der Waals surface area contributed by atoms with Crippen molar-refractivity contribution >= 4 is 34.2 Å². The summed E-state index contributed by atoms with van der Waals surface area (Å²) in [6.45, 7) is 2.72. The Balaban J connectivity index is 0.00000176. The number of rotatable bonds is 2. The van der Waals surface area contributed by atoms with Crippen molar-refractivity contribution in [3.05, 3.63) is 34.3 Å². The third-order valence-corrected chi connectivity index (χ3v) is 5.14. The first kappa shape index (κ1) is 17.7. The van der Waals surface area contributed by atoms with E-state index in [1.807, 2.05) is 17.0 Å². The molecule has 4 nitrogen and oxygen atoms in total. The molecule has 6 heteroatoms. The molecule has 0 saturated carbocycles. The topological polar surface area (TPSA) is 55.6 Å². The third kappa shape index (κ3) is 3.32. The molecule has 22 heavy (non-hydrogen) atoms. The van der Waals surface area contributed by atoms with Crippen molar-refractivity contribution in [1.29, 1.82) is 0 Å². The number of carbonyl (C=O) groups excluding carboxylic acids is 1. The van der Waals surface area contributed by atoms with Crippen LogP contribution < -0.4 is 5.73 Å². The minimum Gasteiger partial charge on any atom is -0.381 e. The van der Waals surface area contributed by atoms with E-state index in [4.69, 9.17) is 10.5 Å². The Kier molecular flexibility index (Phi) is 5.88. The summed E-state index contributed by atoms with van der Waals surface area (Å²) < 4.78 is 6.51. The molecule has 0 aromatic heterocycles. The highest BCUT2D eigenvalue weighted by molar-refractivity contribution is 9.10. The highest BCUT2D eigenvalue weighted by atomic mass is 79.9. The van der Waals surface area contributed by atoms with Gasteiger partial charge in [-0.3, -0.25) is 4.79 Å². The number of nitrogens with two attached hydrogens (primary N) is 1. The maximum Gasteiger partial charge on any atom is 0.233 e. The quantitative estimate of drug-likeness (QED) is 0.845. The zero-order chi connectivity index (χ0) is 14.9. The molecule has 2 aliphatic rings. The van der Waals surface area contributed by atoms with Crippen LogP contribution >= 0.6 is 28.3 Å². The molecule has 2 N–H and O–H groups in total. The fraction of sp³-hybridized carbons (Fsp3) is 0.562. The molecular formula is C16H22BrClN2O2. The Morgan fingerprint density at radius 1 is 1.36 bits per heavy atom. The second-order valence-corrected chi connectivity index (χ2v) is 6.92. The molecule has 3 rings (SSSR count). The van der Waals surface area contributed by atoms with Gasteiger partial charge in [0.1, 0.15) is 0 Å². The largest absolute Gasteiger partial charge is 0.381 e. The lowest BCUT2D eigenvalue weighted by molar-refractivity contribution is -0.140. The standard InChI is InChI=1S/C16H21BrN2O2.ClH/c17-13-3-1-2-12(10-13)16(5-8-21-9-6-16)15(20)19-7-4-14(18)11-19;/h1-3,10,14H,4-9,11,18H2;1H/t14-;/m1./s1. The van der Waals surface area contributed by atoms with Crippen molar-refractivity contribution < 1.29 is 9.53 Å².